The van der Waals surface area contributed by atoms with Crippen molar-refractivity contribution in [1.29, 1.82) is 0 Å². The van der Waals surface area contributed by atoms with Gasteiger partial charge < -0.3 is 19.3 Å². The van der Waals surface area contributed by atoms with Gasteiger partial charge in [0.15, 0.2) is 0 Å². The van der Waals surface area contributed by atoms with E-state index in [1.165, 1.54) is 5.56 Å². The van der Waals surface area contributed by atoms with Crippen LogP contribution in [0.2, 0.25) is 0 Å². The molecule has 0 N–H and O–H groups in total. The molecule has 4 rings (SSSR count). The first-order valence-corrected chi connectivity index (χ1v) is 10.6. The molecular formula is C28H28N2O2. The van der Waals surface area contributed by atoms with Gasteiger partial charge >= 0.3 is 0 Å². The zero-order chi connectivity index (χ0) is 22.5. The predicted molar refractivity (Wildman–Crippen MR) is 133 cm³/mol. The largest absolute Gasteiger partial charge is 0.497 e. The summed E-state index contributed by atoms with van der Waals surface area (Å²) < 4.78 is 10.6. The maximum absolute atomic E-state index is 5.34. The molecule has 0 unspecified atom stereocenters. The molecule has 0 aliphatic heterocycles. The molecule has 0 saturated heterocycles. The molecule has 0 aromatic heterocycles. The summed E-state index contributed by atoms with van der Waals surface area (Å²) in [5, 5.41) is 0. The monoisotopic (exact) mass is 424 g/mol. The Morgan fingerprint density at radius 3 is 1.19 bits per heavy atom. The van der Waals surface area contributed by atoms with Crippen molar-refractivity contribution in [1.82, 2.24) is 0 Å². The van der Waals surface area contributed by atoms with E-state index in [2.05, 4.69) is 96.6 Å². The van der Waals surface area contributed by atoms with E-state index in [-0.39, 0.29) is 0 Å². The second kappa shape index (κ2) is 9.48. The van der Waals surface area contributed by atoms with E-state index in [0.717, 1.165) is 39.9 Å². The molecule has 0 saturated carbocycles. The lowest BCUT2D eigenvalue weighted by molar-refractivity contribution is 0.414. The van der Waals surface area contributed by atoms with Crippen molar-refractivity contribution in [2.45, 2.75) is 6.92 Å². The number of methoxy groups -OCH3 is 2. The number of aryl methyl sites for hydroxylation is 1. The fourth-order valence-electron chi connectivity index (χ4n) is 3.65. The molecule has 0 spiro atoms. The van der Waals surface area contributed by atoms with Crippen LogP contribution in [0.3, 0.4) is 0 Å². The highest BCUT2D eigenvalue weighted by Gasteiger charge is 2.13. The Hall–Kier alpha value is -3.92. The normalized spacial score (nSPS) is 10.5. The van der Waals surface area contributed by atoms with E-state index in [9.17, 15) is 0 Å². The first kappa shape index (κ1) is 21.3. The number of anilines is 5. The molecule has 0 aliphatic rings. The number of nitrogens with zero attached hydrogens (tertiary/aromatic N) is 2. The van der Waals surface area contributed by atoms with Crippen LogP contribution in [0.25, 0.3) is 0 Å². The zero-order valence-corrected chi connectivity index (χ0v) is 18.9. The number of benzene rings is 4. The molecule has 32 heavy (non-hydrogen) atoms. The van der Waals surface area contributed by atoms with Crippen molar-refractivity contribution in [3.63, 3.8) is 0 Å². The molecular weight excluding hydrogens is 396 g/mol. The van der Waals surface area contributed by atoms with Crippen molar-refractivity contribution in [3.8, 4) is 11.5 Å². The minimum atomic E-state index is 0.842. The third-order valence-electron chi connectivity index (χ3n) is 5.58. The maximum atomic E-state index is 5.34. The lowest BCUT2D eigenvalue weighted by Crippen LogP contribution is -2.12. The van der Waals surface area contributed by atoms with Crippen LogP contribution in [0.15, 0.2) is 97.1 Å². The number of hydrogen-bond acceptors (Lipinski definition) is 4. The standard InChI is InChI=1S/C28H28N2O2/c1-21-5-7-24(8-6-21)30(26-15-19-28(32-4)20-16-26)25-11-9-22(10-12-25)29(2)23-13-17-27(31-3)18-14-23/h5-20H,1-4H3. The molecule has 0 fully saturated rings. The fourth-order valence-corrected chi connectivity index (χ4v) is 3.65. The van der Waals surface area contributed by atoms with E-state index in [1.54, 1.807) is 14.2 Å². The van der Waals surface area contributed by atoms with Crippen molar-refractivity contribution < 1.29 is 9.47 Å². The van der Waals surface area contributed by atoms with Gasteiger partial charge in [-0.1, -0.05) is 17.7 Å². The van der Waals surface area contributed by atoms with Gasteiger partial charge in [-0.15, -0.1) is 0 Å². The van der Waals surface area contributed by atoms with Crippen LogP contribution in [0, 0.1) is 6.92 Å². The van der Waals surface area contributed by atoms with E-state index in [1.807, 2.05) is 24.3 Å². The minimum Gasteiger partial charge on any atom is -0.497 e. The summed E-state index contributed by atoms with van der Waals surface area (Å²) in [6.07, 6.45) is 0. The van der Waals surface area contributed by atoms with Crippen LogP contribution < -0.4 is 19.3 Å². The van der Waals surface area contributed by atoms with Gasteiger partial charge in [0.25, 0.3) is 0 Å². The second-order valence-electron chi connectivity index (χ2n) is 7.64. The summed E-state index contributed by atoms with van der Waals surface area (Å²) >= 11 is 0. The van der Waals surface area contributed by atoms with Crippen molar-refractivity contribution in [2.24, 2.45) is 0 Å². The Morgan fingerprint density at radius 2 is 0.781 bits per heavy atom. The van der Waals surface area contributed by atoms with Gasteiger partial charge in [0, 0.05) is 35.5 Å². The van der Waals surface area contributed by atoms with Gasteiger partial charge in [-0.3, -0.25) is 0 Å². The highest BCUT2D eigenvalue weighted by atomic mass is 16.5. The van der Waals surface area contributed by atoms with E-state index >= 15 is 0 Å². The Kier molecular flexibility index (Phi) is 6.31. The topological polar surface area (TPSA) is 24.9 Å². The molecule has 0 amide bonds. The number of ether oxygens (including phenoxy) is 2. The minimum absolute atomic E-state index is 0.842. The Bertz CT molecular complexity index is 1140. The SMILES string of the molecule is COc1ccc(N(C)c2ccc(N(c3ccc(C)cc3)c3ccc(OC)cc3)cc2)cc1. The van der Waals surface area contributed by atoms with Gasteiger partial charge in [-0.05, 0) is 91.9 Å². The summed E-state index contributed by atoms with van der Waals surface area (Å²) in [6, 6.07) is 33.4. The van der Waals surface area contributed by atoms with Gasteiger partial charge in [0.1, 0.15) is 11.5 Å². The van der Waals surface area contributed by atoms with Crippen molar-refractivity contribution >= 4 is 28.4 Å². The van der Waals surface area contributed by atoms with Gasteiger partial charge in [0.05, 0.1) is 14.2 Å². The van der Waals surface area contributed by atoms with E-state index in [0.29, 0.717) is 0 Å². The highest BCUT2D eigenvalue weighted by Crippen LogP contribution is 2.37. The molecule has 4 aromatic rings. The summed E-state index contributed by atoms with van der Waals surface area (Å²) in [4.78, 5) is 4.41. The zero-order valence-electron chi connectivity index (χ0n) is 18.9. The lowest BCUT2D eigenvalue weighted by Gasteiger charge is -2.27. The Morgan fingerprint density at radius 1 is 0.469 bits per heavy atom. The van der Waals surface area contributed by atoms with Crippen LogP contribution in [-0.2, 0) is 0 Å². The first-order valence-electron chi connectivity index (χ1n) is 10.6. The van der Waals surface area contributed by atoms with Crippen LogP contribution >= 0.6 is 0 Å². The lowest BCUT2D eigenvalue weighted by atomic mass is 10.1. The average molecular weight is 425 g/mol. The summed E-state index contributed by atoms with van der Waals surface area (Å²) in [6.45, 7) is 2.10. The molecule has 0 bridgehead atoms. The molecule has 0 radical (unpaired) electrons. The summed E-state index contributed by atoms with van der Waals surface area (Å²) in [7, 11) is 5.43. The number of hydrogen-bond donors (Lipinski definition) is 0. The van der Waals surface area contributed by atoms with Crippen LogP contribution in [0.5, 0.6) is 11.5 Å². The summed E-state index contributed by atoms with van der Waals surface area (Å²) in [5.74, 6) is 1.69. The number of rotatable bonds is 7. The van der Waals surface area contributed by atoms with E-state index < -0.39 is 0 Å². The molecule has 4 aromatic carbocycles. The highest BCUT2D eigenvalue weighted by molar-refractivity contribution is 5.78. The smallest absolute Gasteiger partial charge is 0.119 e. The molecule has 0 aliphatic carbocycles. The fraction of sp³-hybridized carbons (Fsp3) is 0.143. The van der Waals surface area contributed by atoms with Crippen LogP contribution in [-0.4, -0.2) is 21.3 Å². The maximum Gasteiger partial charge on any atom is 0.119 e. The molecule has 0 heterocycles. The second-order valence-corrected chi connectivity index (χ2v) is 7.64. The molecule has 4 heteroatoms. The van der Waals surface area contributed by atoms with E-state index in [4.69, 9.17) is 9.47 Å². The molecule has 4 nitrogen and oxygen atoms in total. The average Bonchev–Trinajstić information content (AvgIpc) is 2.86. The van der Waals surface area contributed by atoms with Gasteiger partial charge in [0.2, 0.25) is 0 Å². The Balaban J connectivity index is 1.67. The molecule has 162 valence electrons. The van der Waals surface area contributed by atoms with Crippen molar-refractivity contribution in [3.05, 3.63) is 103 Å². The predicted octanol–water partition coefficient (Wildman–Crippen LogP) is 7.25. The third-order valence-corrected chi connectivity index (χ3v) is 5.58. The quantitative estimate of drug-likeness (QED) is 0.312. The third kappa shape index (κ3) is 4.54. The van der Waals surface area contributed by atoms with Crippen molar-refractivity contribution in [2.75, 3.05) is 31.1 Å². The Labute approximate surface area is 190 Å². The summed E-state index contributed by atoms with van der Waals surface area (Å²) in [5.41, 5.74) is 6.72. The van der Waals surface area contributed by atoms with Crippen LogP contribution in [0.4, 0.5) is 28.4 Å². The van der Waals surface area contributed by atoms with Crippen LogP contribution in [0.1, 0.15) is 5.56 Å². The van der Waals surface area contributed by atoms with Gasteiger partial charge in [-0.25, -0.2) is 0 Å². The van der Waals surface area contributed by atoms with Gasteiger partial charge in [-0.2, -0.15) is 0 Å². The first-order chi connectivity index (χ1) is 15.6. The molecule has 0 atom stereocenters.